The summed E-state index contributed by atoms with van der Waals surface area (Å²) in [6, 6.07) is 13.0. The number of amides is 1. The Kier molecular flexibility index (Phi) is 4.81. The van der Waals surface area contributed by atoms with Gasteiger partial charge in [0.25, 0.3) is 5.91 Å². The first kappa shape index (κ1) is 17.1. The zero-order valence-electron chi connectivity index (χ0n) is 13.8. The number of carbonyl (C=O) groups is 1. The second-order valence-electron chi connectivity index (χ2n) is 5.84. The maximum absolute atomic E-state index is 13.1. The van der Waals surface area contributed by atoms with Crippen LogP contribution in [0.25, 0.3) is 6.08 Å². The summed E-state index contributed by atoms with van der Waals surface area (Å²) in [5.41, 5.74) is 1.73. The van der Waals surface area contributed by atoms with Crippen LogP contribution in [0.5, 0.6) is 5.75 Å². The van der Waals surface area contributed by atoms with Crippen LogP contribution in [0.15, 0.2) is 54.2 Å². The molecule has 0 bridgehead atoms. The maximum atomic E-state index is 13.1. The number of hydrogen-bond donors (Lipinski definition) is 1. The lowest BCUT2D eigenvalue weighted by atomic mass is 10.2. The summed E-state index contributed by atoms with van der Waals surface area (Å²) in [4.78, 5) is 14.0. The molecule has 1 fully saturated rings. The van der Waals surface area contributed by atoms with Gasteiger partial charge in [0.15, 0.2) is 5.11 Å². The molecule has 1 aliphatic heterocycles. The normalized spacial score (nSPS) is 15.8. The molecule has 4 nitrogen and oxygen atoms in total. The smallest absolute Gasteiger partial charge is 0.281 e. The van der Waals surface area contributed by atoms with Crippen molar-refractivity contribution in [1.29, 1.82) is 0 Å². The van der Waals surface area contributed by atoms with Gasteiger partial charge >= 0.3 is 0 Å². The average molecular weight is 356 g/mol. The van der Waals surface area contributed by atoms with Crippen molar-refractivity contribution >= 4 is 35.0 Å². The molecule has 1 aliphatic rings. The number of benzene rings is 2. The summed E-state index contributed by atoms with van der Waals surface area (Å²) in [5.74, 6) is 0.124. The fraction of sp³-hybridized carbons (Fsp3) is 0.158. The number of nitrogens with zero attached hydrogens (tertiary/aromatic N) is 1. The molecular weight excluding hydrogens is 339 g/mol. The minimum atomic E-state index is -0.367. The molecule has 0 aromatic heterocycles. The first-order valence-corrected chi connectivity index (χ1v) is 8.24. The fourth-order valence-electron chi connectivity index (χ4n) is 2.44. The zero-order valence-corrected chi connectivity index (χ0v) is 14.6. The Balaban J connectivity index is 1.81. The third-order valence-corrected chi connectivity index (χ3v) is 3.81. The highest BCUT2D eigenvalue weighted by Gasteiger charge is 2.31. The predicted octanol–water partition coefficient (Wildman–Crippen LogP) is 3.88. The second kappa shape index (κ2) is 7.03. The molecule has 2 aromatic carbocycles. The van der Waals surface area contributed by atoms with Gasteiger partial charge in [0.2, 0.25) is 0 Å². The van der Waals surface area contributed by atoms with E-state index in [0.717, 1.165) is 11.3 Å². The first-order valence-electron chi connectivity index (χ1n) is 7.83. The molecule has 0 radical (unpaired) electrons. The van der Waals surface area contributed by atoms with E-state index in [-0.39, 0.29) is 22.9 Å². The van der Waals surface area contributed by atoms with Gasteiger partial charge in [0.1, 0.15) is 17.3 Å². The van der Waals surface area contributed by atoms with Gasteiger partial charge in [-0.25, -0.2) is 4.39 Å². The van der Waals surface area contributed by atoms with Crippen molar-refractivity contribution in [1.82, 2.24) is 5.32 Å². The van der Waals surface area contributed by atoms with Crippen molar-refractivity contribution in [2.75, 3.05) is 4.90 Å². The SMILES string of the molecule is CC(C)Oc1ccc(/C=C2/NC(=S)N(c3ccc(F)cc3)C2=O)cc1. The van der Waals surface area contributed by atoms with Crippen LogP contribution in [-0.4, -0.2) is 17.1 Å². The number of anilines is 1. The van der Waals surface area contributed by atoms with E-state index in [0.29, 0.717) is 11.4 Å². The summed E-state index contributed by atoms with van der Waals surface area (Å²) < 4.78 is 18.7. The second-order valence-corrected chi connectivity index (χ2v) is 6.23. The Labute approximate surface area is 150 Å². The van der Waals surface area contributed by atoms with Gasteiger partial charge in [-0.1, -0.05) is 12.1 Å². The standard InChI is InChI=1S/C19H17FN2O2S/c1-12(2)24-16-9-3-13(4-10-16)11-17-18(23)22(19(25)21-17)15-7-5-14(20)6-8-15/h3-12H,1-2H3,(H,21,25)/b17-11+. The number of ether oxygens (including phenoxy) is 1. The van der Waals surface area contributed by atoms with E-state index in [1.807, 2.05) is 38.1 Å². The van der Waals surface area contributed by atoms with E-state index in [2.05, 4.69) is 5.32 Å². The lowest BCUT2D eigenvalue weighted by Gasteiger charge is -2.13. The minimum Gasteiger partial charge on any atom is -0.491 e. The molecule has 128 valence electrons. The van der Waals surface area contributed by atoms with Crippen LogP contribution < -0.4 is 15.0 Å². The van der Waals surface area contributed by atoms with Gasteiger partial charge in [-0.15, -0.1) is 0 Å². The van der Waals surface area contributed by atoms with Crippen molar-refractivity contribution in [3.05, 3.63) is 65.6 Å². The summed E-state index contributed by atoms with van der Waals surface area (Å²) in [6.07, 6.45) is 1.82. The summed E-state index contributed by atoms with van der Waals surface area (Å²) in [7, 11) is 0. The van der Waals surface area contributed by atoms with E-state index >= 15 is 0 Å². The molecule has 1 saturated heterocycles. The molecule has 0 spiro atoms. The Morgan fingerprint density at radius 3 is 2.36 bits per heavy atom. The van der Waals surface area contributed by atoms with Gasteiger partial charge in [-0.05, 0) is 74.1 Å². The Hall–Kier alpha value is -2.73. The van der Waals surface area contributed by atoms with Gasteiger partial charge in [0.05, 0.1) is 11.8 Å². The van der Waals surface area contributed by atoms with Crippen molar-refractivity contribution < 1.29 is 13.9 Å². The molecule has 2 aromatic rings. The van der Waals surface area contributed by atoms with E-state index in [9.17, 15) is 9.18 Å². The van der Waals surface area contributed by atoms with Crippen LogP contribution in [0.1, 0.15) is 19.4 Å². The number of carbonyl (C=O) groups excluding carboxylic acids is 1. The number of thiocarbonyl (C=S) groups is 1. The molecule has 0 unspecified atom stereocenters. The van der Waals surface area contributed by atoms with E-state index in [4.69, 9.17) is 17.0 Å². The van der Waals surface area contributed by atoms with Crippen molar-refractivity contribution in [2.24, 2.45) is 0 Å². The molecule has 0 atom stereocenters. The Bertz CT molecular complexity index is 830. The van der Waals surface area contributed by atoms with Crippen molar-refractivity contribution in [3.63, 3.8) is 0 Å². The van der Waals surface area contributed by atoms with E-state index < -0.39 is 0 Å². The average Bonchev–Trinajstić information content (AvgIpc) is 2.84. The predicted molar refractivity (Wildman–Crippen MR) is 99.8 cm³/mol. The first-order chi connectivity index (χ1) is 11.9. The molecule has 6 heteroatoms. The lowest BCUT2D eigenvalue weighted by Crippen LogP contribution is -2.30. The maximum Gasteiger partial charge on any atom is 0.281 e. The Morgan fingerprint density at radius 1 is 1.12 bits per heavy atom. The molecule has 0 aliphatic carbocycles. The van der Waals surface area contributed by atoms with Crippen LogP contribution in [-0.2, 0) is 4.79 Å². The van der Waals surface area contributed by atoms with Gasteiger partial charge in [0, 0.05) is 0 Å². The molecule has 25 heavy (non-hydrogen) atoms. The number of halogens is 1. The van der Waals surface area contributed by atoms with Crippen LogP contribution in [0, 0.1) is 5.82 Å². The Morgan fingerprint density at radius 2 is 1.76 bits per heavy atom. The third-order valence-electron chi connectivity index (χ3n) is 3.53. The number of rotatable bonds is 4. The molecular formula is C19H17FN2O2S. The summed E-state index contributed by atoms with van der Waals surface area (Å²) >= 11 is 5.23. The molecule has 1 amide bonds. The highest BCUT2D eigenvalue weighted by Crippen LogP contribution is 2.23. The van der Waals surface area contributed by atoms with E-state index in [1.54, 1.807) is 6.08 Å². The largest absolute Gasteiger partial charge is 0.491 e. The quantitative estimate of drug-likeness (QED) is 0.667. The van der Waals surface area contributed by atoms with Gasteiger partial charge in [-0.3, -0.25) is 9.69 Å². The monoisotopic (exact) mass is 356 g/mol. The highest BCUT2D eigenvalue weighted by atomic mass is 32.1. The van der Waals surface area contributed by atoms with Crippen LogP contribution in [0.4, 0.5) is 10.1 Å². The van der Waals surface area contributed by atoms with Gasteiger partial charge < -0.3 is 10.1 Å². The van der Waals surface area contributed by atoms with Gasteiger partial charge in [-0.2, -0.15) is 0 Å². The third kappa shape index (κ3) is 3.85. The fourth-order valence-corrected chi connectivity index (χ4v) is 2.74. The van der Waals surface area contributed by atoms with Crippen LogP contribution >= 0.6 is 12.2 Å². The molecule has 1 N–H and O–H groups in total. The van der Waals surface area contributed by atoms with Crippen molar-refractivity contribution in [3.8, 4) is 5.75 Å². The minimum absolute atomic E-state index is 0.101. The summed E-state index contributed by atoms with van der Waals surface area (Å²) in [5, 5.41) is 3.17. The number of hydrogen-bond acceptors (Lipinski definition) is 3. The molecule has 3 rings (SSSR count). The van der Waals surface area contributed by atoms with Crippen molar-refractivity contribution in [2.45, 2.75) is 20.0 Å². The highest BCUT2D eigenvalue weighted by molar-refractivity contribution is 7.80. The zero-order chi connectivity index (χ0) is 18.0. The number of nitrogens with one attached hydrogen (secondary N) is 1. The van der Waals surface area contributed by atoms with Crippen LogP contribution in [0.2, 0.25) is 0 Å². The lowest BCUT2D eigenvalue weighted by molar-refractivity contribution is -0.113. The molecule has 0 saturated carbocycles. The topological polar surface area (TPSA) is 41.6 Å². The summed E-state index contributed by atoms with van der Waals surface area (Å²) in [6.45, 7) is 3.92. The van der Waals surface area contributed by atoms with E-state index in [1.165, 1.54) is 29.2 Å². The van der Waals surface area contributed by atoms with Crippen LogP contribution in [0.3, 0.4) is 0 Å². The molecule has 1 heterocycles.